The number of ether oxygens (including phenoxy) is 2. The molecule has 1 aliphatic carbocycles. The molecule has 100 valence electrons. The first kappa shape index (κ1) is 13.2. The predicted octanol–water partition coefficient (Wildman–Crippen LogP) is 2.98. The number of rotatable bonds is 6. The minimum absolute atomic E-state index is 0.524. The second kappa shape index (κ2) is 5.61. The third-order valence-corrected chi connectivity index (χ3v) is 3.89. The molecule has 3 nitrogen and oxygen atoms in total. The highest BCUT2D eigenvalue weighted by Gasteiger charge is 2.30. The molecule has 1 fully saturated rings. The maximum absolute atomic E-state index is 5.30. The lowest BCUT2D eigenvalue weighted by Gasteiger charge is -2.38. The van der Waals surface area contributed by atoms with Crippen LogP contribution in [0, 0.1) is 5.41 Å². The van der Waals surface area contributed by atoms with Crippen LogP contribution in [0.5, 0.6) is 11.5 Å². The van der Waals surface area contributed by atoms with Gasteiger partial charge in [-0.15, -0.1) is 0 Å². The Morgan fingerprint density at radius 1 is 1.17 bits per heavy atom. The van der Waals surface area contributed by atoms with Crippen LogP contribution in [0.1, 0.15) is 31.7 Å². The molecule has 0 amide bonds. The summed E-state index contributed by atoms with van der Waals surface area (Å²) in [6, 6.07) is 6.08. The average Bonchev–Trinajstić information content (AvgIpc) is 2.36. The van der Waals surface area contributed by atoms with Crippen molar-refractivity contribution in [3.05, 3.63) is 23.8 Å². The van der Waals surface area contributed by atoms with Crippen LogP contribution in [0.3, 0.4) is 0 Å². The molecule has 0 spiro atoms. The van der Waals surface area contributed by atoms with Crippen LogP contribution in [-0.2, 0) is 6.54 Å². The Morgan fingerprint density at radius 3 is 2.44 bits per heavy atom. The molecule has 1 aromatic carbocycles. The first-order chi connectivity index (χ1) is 8.67. The molecule has 0 bridgehead atoms. The fraction of sp³-hybridized carbons (Fsp3) is 0.600. The second-order valence-corrected chi connectivity index (χ2v) is 5.46. The van der Waals surface area contributed by atoms with Crippen LogP contribution in [0.2, 0.25) is 0 Å². The van der Waals surface area contributed by atoms with Gasteiger partial charge in [0.15, 0.2) is 11.5 Å². The number of benzene rings is 1. The second-order valence-electron chi connectivity index (χ2n) is 5.46. The smallest absolute Gasteiger partial charge is 0.161 e. The van der Waals surface area contributed by atoms with Crippen molar-refractivity contribution in [2.45, 2.75) is 32.7 Å². The predicted molar refractivity (Wildman–Crippen MR) is 73.2 cm³/mol. The van der Waals surface area contributed by atoms with E-state index in [4.69, 9.17) is 9.47 Å². The molecule has 1 aromatic rings. The number of hydrogen-bond acceptors (Lipinski definition) is 3. The van der Waals surface area contributed by atoms with E-state index < -0.39 is 0 Å². The molecule has 0 aromatic heterocycles. The van der Waals surface area contributed by atoms with Gasteiger partial charge in [0, 0.05) is 13.1 Å². The zero-order valence-electron chi connectivity index (χ0n) is 11.6. The Morgan fingerprint density at radius 2 is 1.89 bits per heavy atom. The van der Waals surface area contributed by atoms with Gasteiger partial charge in [-0.25, -0.2) is 0 Å². The van der Waals surface area contributed by atoms with Crippen molar-refractivity contribution < 1.29 is 9.47 Å². The zero-order valence-corrected chi connectivity index (χ0v) is 11.6. The lowest BCUT2D eigenvalue weighted by molar-refractivity contribution is 0.156. The molecule has 0 radical (unpaired) electrons. The van der Waals surface area contributed by atoms with E-state index in [1.54, 1.807) is 14.2 Å². The number of hydrogen-bond donors (Lipinski definition) is 1. The van der Waals surface area contributed by atoms with Gasteiger partial charge in [-0.3, -0.25) is 0 Å². The third-order valence-electron chi connectivity index (χ3n) is 3.89. The van der Waals surface area contributed by atoms with Gasteiger partial charge in [0.25, 0.3) is 0 Å². The minimum Gasteiger partial charge on any atom is -0.493 e. The molecule has 0 aliphatic heterocycles. The number of nitrogens with one attached hydrogen (secondary N) is 1. The van der Waals surface area contributed by atoms with E-state index >= 15 is 0 Å². The Kier molecular flexibility index (Phi) is 4.12. The van der Waals surface area contributed by atoms with Crippen molar-refractivity contribution in [3.8, 4) is 11.5 Å². The van der Waals surface area contributed by atoms with E-state index in [2.05, 4.69) is 18.3 Å². The molecule has 0 saturated heterocycles. The summed E-state index contributed by atoms with van der Waals surface area (Å²) in [5.74, 6) is 1.58. The van der Waals surface area contributed by atoms with Gasteiger partial charge in [-0.2, -0.15) is 0 Å². The van der Waals surface area contributed by atoms with Crippen LogP contribution < -0.4 is 14.8 Å². The maximum atomic E-state index is 5.30. The Hall–Kier alpha value is -1.22. The van der Waals surface area contributed by atoms with Crippen molar-refractivity contribution >= 4 is 0 Å². The van der Waals surface area contributed by atoms with Gasteiger partial charge < -0.3 is 14.8 Å². The summed E-state index contributed by atoms with van der Waals surface area (Å²) >= 11 is 0. The average molecular weight is 249 g/mol. The van der Waals surface area contributed by atoms with Crippen molar-refractivity contribution in [1.29, 1.82) is 0 Å². The lowest BCUT2D eigenvalue weighted by atomic mass is 9.70. The summed E-state index contributed by atoms with van der Waals surface area (Å²) in [5, 5.41) is 3.54. The zero-order chi connectivity index (χ0) is 13.0. The fourth-order valence-corrected chi connectivity index (χ4v) is 2.46. The highest BCUT2D eigenvalue weighted by Crippen LogP contribution is 2.39. The quantitative estimate of drug-likeness (QED) is 0.840. The molecule has 1 aliphatic rings. The summed E-state index contributed by atoms with van der Waals surface area (Å²) < 4.78 is 10.5. The van der Waals surface area contributed by atoms with E-state index in [9.17, 15) is 0 Å². The van der Waals surface area contributed by atoms with Crippen molar-refractivity contribution in [3.63, 3.8) is 0 Å². The molecule has 1 N–H and O–H groups in total. The van der Waals surface area contributed by atoms with Crippen molar-refractivity contribution in [1.82, 2.24) is 5.32 Å². The molecular weight excluding hydrogens is 226 g/mol. The van der Waals surface area contributed by atoms with Gasteiger partial charge in [-0.05, 0) is 36.0 Å². The van der Waals surface area contributed by atoms with E-state index in [1.807, 2.05) is 12.1 Å². The Balaban J connectivity index is 1.89. The maximum Gasteiger partial charge on any atom is 0.161 e. The summed E-state index contributed by atoms with van der Waals surface area (Å²) in [4.78, 5) is 0. The molecule has 1 saturated carbocycles. The Labute approximate surface area is 109 Å². The Bertz CT molecular complexity index is 399. The van der Waals surface area contributed by atoms with Crippen LogP contribution >= 0.6 is 0 Å². The summed E-state index contributed by atoms with van der Waals surface area (Å²) in [6.07, 6.45) is 4.09. The monoisotopic (exact) mass is 249 g/mol. The highest BCUT2D eigenvalue weighted by atomic mass is 16.5. The summed E-state index contributed by atoms with van der Waals surface area (Å²) in [5.41, 5.74) is 1.76. The van der Waals surface area contributed by atoms with E-state index in [1.165, 1.54) is 24.8 Å². The minimum atomic E-state index is 0.524. The van der Waals surface area contributed by atoms with E-state index in [-0.39, 0.29) is 0 Å². The van der Waals surface area contributed by atoms with Gasteiger partial charge in [0.05, 0.1) is 14.2 Å². The largest absolute Gasteiger partial charge is 0.493 e. The molecule has 18 heavy (non-hydrogen) atoms. The van der Waals surface area contributed by atoms with Crippen LogP contribution in [0.25, 0.3) is 0 Å². The highest BCUT2D eigenvalue weighted by molar-refractivity contribution is 5.42. The SMILES string of the molecule is COc1ccc(CNCC2(C)CCC2)cc1OC. The summed E-state index contributed by atoms with van der Waals surface area (Å²) in [6.45, 7) is 4.34. The fourth-order valence-electron chi connectivity index (χ4n) is 2.46. The molecule has 0 unspecified atom stereocenters. The molecule has 3 heteroatoms. The molecule has 0 atom stereocenters. The lowest BCUT2D eigenvalue weighted by Crippen LogP contribution is -2.36. The van der Waals surface area contributed by atoms with Gasteiger partial charge in [0.2, 0.25) is 0 Å². The first-order valence-corrected chi connectivity index (χ1v) is 6.58. The number of methoxy groups -OCH3 is 2. The normalized spacial score (nSPS) is 17.1. The molecular formula is C15H23NO2. The molecule has 2 rings (SSSR count). The van der Waals surface area contributed by atoms with Crippen LogP contribution in [0.4, 0.5) is 0 Å². The van der Waals surface area contributed by atoms with Crippen LogP contribution in [0.15, 0.2) is 18.2 Å². The van der Waals surface area contributed by atoms with Gasteiger partial charge >= 0.3 is 0 Å². The van der Waals surface area contributed by atoms with E-state index in [0.717, 1.165) is 24.6 Å². The van der Waals surface area contributed by atoms with E-state index in [0.29, 0.717) is 5.41 Å². The topological polar surface area (TPSA) is 30.5 Å². The molecule has 0 heterocycles. The standard InChI is InChI=1S/C15H23NO2/c1-15(7-4-8-15)11-16-10-12-5-6-13(17-2)14(9-12)18-3/h5-6,9,16H,4,7-8,10-11H2,1-3H3. The first-order valence-electron chi connectivity index (χ1n) is 6.58. The van der Waals surface area contributed by atoms with Crippen molar-refractivity contribution in [2.24, 2.45) is 5.41 Å². The van der Waals surface area contributed by atoms with Crippen LogP contribution in [-0.4, -0.2) is 20.8 Å². The van der Waals surface area contributed by atoms with Gasteiger partial charge in [0.1, 0.15) is 0 Å². The third kappa shape index (κ3) is 2.96. The summed E-state index contributed by atoms with van der Waals surface area (Å²) in [7, 11) is 3.33. The van der Waals surface area contributed by atoms with Gasteiger partial charge in [-0.1, -0.05) is 19.4 Å². The van der Waals surface area contributed by atoms with Crippen molar-refractivity contribution in [2.75, 3.05) is 20.8 Å².